The maximum absolute atomic E-state index is 13.3. The molecular weight excluding hydrogens is 231 g/mol. The molecule has 0 aromatic heterocycles. The van der Waals surface area contributed by atoms with Gasteiger partial charge in [-0.05, 0) is 24.5 Å². The van der Waals surface area contributed by atoms with Crippen LogP contribution < -0.4 is 11.1 Å². The lowest BCUT2D eigenvalue weighted by atomic mass is 10.1. The highest BCUT2D eigenvalue weighted by atomic mass is 19.1. The number of carbonyl (C=O) groups is 1. The number of unbranched alkanes of at least 4 members (excludes halogenated alkanes) is 1. The minimum atomic E-state index is -0.453. The average molecular weight is 252 g/mol. The van der Waals surface area contributed by atoms with Gasteiger partial charge in [-0.1, -0.05) is 38.0 Å². The maximum Gasteiger partial charge on any atom is 0.236 e. The molecule has 4 heteroatoms. The lowest BCUT2D eigenvalue weighted by molar-refractivity contribution is -0.122. The first kappa shape index (κ1) is 14.6. The van der Waals surface area contributed by atoms with Crippen LogP contribution in [0.15, 0.2) is 24.3 Å². The predicted octanol–water partition coefficient (Wildman–Crippen LogP) is 2.00. The second-order valence-electron chi connectivity index (χ2n) is 4.38. The van der Waals surface area contributed by atoms with E-state index in [-0.39, 0.29) is 11.7 Å². The van der Waals surface area contributed by atoms with Gasteiger partial charge in [0.1, 0.15) is 5.82 Å². The summed E-state index contributed by atoms with van der Waals surface area (Å²) in [5, 5.41) is 2.74. The number of hydrogen-bond acceptors (Lipinski definition) is 2. The Kier molecular flexibility index (Phi) is 6.36. The number of carbonyl (C=O) groups excluding carboxylic acids is 1. The van der Waals surface area contributed by atoms with Crippen LogP contribution >= 0.6 is 0 Å². The van der Waals surface area contributed by atoms with E-state index in [0.29, 0.717) is 24.9 Å². The molecule has 0 radical (unpaired) electrons. The first-order valence-corrected chi connectivity index (χ1v) is 6.41. The topological polar surface area (TPSA) is 55.1 Å². The standard InChI is InChI=1S/C14H21FN2O/c1-2-3-8-13(16)14(18)17-10-9-11-6-4-5-7-12(11)15/h4-7,13H,2-3,8-10,16H2,1H3,(H,17,18)/t13-/m0/s1. The minimum absolute atomic E-state index is 0.153. The molecule has 0 heterocycles. The van der Waals surface area contributed by atoms with Crippen LogP contribution in [0.2, 0.25) is 0 Å². The quantitative estimate of drug-likeness (QED) is 0.780. The molecule has 100 valence electrons. The van der Waals surface area contributed by atoms with Crippen LogP contribution in [-0.2, 0) is 11.2 Å². The van der Waals surface area contributed by atoms with Gasteiger partial charge in [0.2, 0.25) is 5.91 Å². The summed E-state index contributed by atoms with van der Waals surface area (Å²) in [5.74, 6) is -0.387. The zero-order valence-corrected chi connectivity index (χ0v) is 10.8. The van der Waals surface area contributed by atoms with Crippen LogP contribution in [0, 0.1) is 5.82 Å². The van der Waals surface area contributed by atoms with Gasteiger partial charge in [0.05, 0.1) is 6.04 Å². The lowest BCUT2D eigenvalue weighted by Gasteiger charge is -2.11. The fraction of sp³-hybridized carbons (Fsp3) is 0.500. The Morgan fingerprint density at radius 2 is 2.17 bits per heavy atom. The van der Waals surface area contributed by atoms with E-state index in [0.717, 1.165) is 12.8 Å². The van der Waals surface area contributed by atoms with Gasteiger partial charge in [-0.15, -0.1) is 0 Å². The number of rotatable bonds is 7. The summed E-state index contributed by atoms with van der Waals surface area (Å²) in [6, 6.07) is 6.12. The number of nitrogens with one attached hydrogen (secondary N) is 1. The molecule has 0 bridgehead atoms. The highest BCUT2D eigenvalue weighted by Crippen LogP contribution is 2.06. The van der Waals surface area contributed by atoms with Crippen LogP contribution in [0.4, 0.5) is 4.39 Å². The van der Waals surface area contributed by atoms with Gasteiger partial charge in [0.15, 0.2) is 0 Å². The van der Waals surface area contributed by atoms with Crippen molar-refractivity contribution in [2.45, 2.75) is 38.6 Å². The van der Waals surface area contributed by atoms with Gasteiger partial charge in [0, 0.05) is 6.54 Å². The Morgan fingerprint density at radius 3 is 2.83 bits per heavy atom. The Labute approximate surface area is 108 Å². The summed E-state index contributed by atoms with van der Waals surface area (Å²) < 4.78 is 13.3. The van der Waals surface area contributed by atoms with Gasteiger partial charge >= 0.3 is 0 Å². The van der Waals surface area contributed by atoms with Crippen LogP contribution in [0.1, 0.15) is 31.7 Å². The monoisotopic (exact) mass is 252 g/mol. The molecule has 0 spiro atoms. The fourth-order valence-electron chi connectivity index (χ4n) is 1.71. The second-order valence-corrected chi connectivity index (χ2v) is 4.38. The number of amides is 1. The zero-order chi connectivity index (χ0) is 13.4. The van der Waals surface area contributed by atoms with Crippen molar-refractivity contribution < 1.29 is 9.18 Å². The van der Waals surface area contributed by atoms with E-state index in [1.165, 1.54) is 6.07 Å². The third-order valence-corrected chi connectivity index (χ3v) is 2.86. The minimum Gasteiger partial charge on any atom is -0.354 e. The van der Waals surface area contributed by atoms with Crippen molar-refractivity contribution in [3.8, 4) is 0 Å². The molecule has 0 unspecified atom stereocenters. The highest BCUT2D eigenvalue weighted by Gasteiger charge is 2.11. The summed E-state index contributed by atoms with van der Waals surface area (Å²) in [5.41, 5.74) is 6.34. The van der Waals surface area contributed by atoms with E-state index in [2.05, 4.69) is 12.2 Å². The van der Waals surface area contributed by atoms with Gasteiger partial charge in [0.25, 0.3) is 0 Å². The van der Waals surface area contributed by atoms with Crippen molar-refractivity contribution in [3.05, 3.63) is 35.6 Å². The van der Waals surface area contributed by atoms with E-state index in [1.807, 2.05) is 0 Å². The summed E-state index contributed by atoms with van der Waals surface area (Å²) in [6.45, 7) is 2.47. The van der Waals surface area contributed by atoms with Crippen LogP contribution in [0.25, 0.3) is 0 Å². The Balaban J connectivity index is 2.29. The number of nitrogens with two attached hydrogens (primary N) is 1. The Bertz CT molecular complexity index is 382. The van der Waals surface area contributed by atoms with Gasteiger partial charge in [-0.2, -0.15) is 0 Å². The van der Waals surface area contributed by atoms with Crippen molar-refractivity contribution in [2.75, 3.05) is 6.54 Å². The summed E-state index contributed by atoms with van der Waals surface area (Å²) in [4.78, 5) is 11.6. The number of benzene rings is 1. The van der Waals surface area contributed by atoms with E-state index >= 15 is 0 Å². The average Bonchev–Trinajstić information content (AvgIpc) is 2.38. The molecule has 1 aromatic carbocycles. The van der Waals surface area contributed by atoms with Crippen molar-refractivity contribution in [1.29, 1.82) is 0 Å². The largest absolute Gasteiger partial charge is 0.354 e. The molecule has 0 aliphatic rings. The first-order chi connectivity index (χ1) is 8.65. The maximum atomic E-state index is 13.3. The van der Waals surface area contributed by atoms with Crippen LogP contribution in [-0.4, -0.2) is 18.5 Å². The van der Waals surface area contributed by atoms with Crippen LogP contribution in [0.3, 0.4) is 0 Å². The van der Waals surface area contributed by atoms with Crippen molar-refractivity contribution in [1.82, 2.24) is 5.32 Å². The SMILES string of the molecule is CCCC[C@H](N)C(=O)NCCc1ccccc1F. The molecule has 3 N–H and O–H groups in total. The summed E-state index contributed by atoms with van der Waals surface area (Å²) in [6.07, 6.45) is 3.15. The summed E-state index contributed by atoms with van der Waals surface area (Å²) >= 11 is 0. The molecular formula is C14H21FN2O. The normalized spacial score (nSPS) is 12.2. The smallest absolute Gasteiger partial charge is 0.236 e. The number of hydrogen-bond donors (Lipinski definition) is 2. The molecule has 0 aliphatic carbocycles. The molecule has 0 aliphatic heterocycles. The molecule has 0 fully saturated rings. The van der Waals surface area contributed by atoms with Gasteiger partial charge in [-0.25, -0.2) is 4.39 Å². The number of halogens is 1. The lowest BCUT2D eigenvalue weighted by Crippen LogP contribution is -2.41. The second kappa shape index (κ2) is 7.82. The van der Waals surface area contributed by atoms with E-state index < -0.39 is 6.04 Å². The molecule has 18 heavy (non-hydrogen) atoms. The fourth-order valence-corrected chi connectivity index (χ4v) is 1.71. The van der Waals surface area contributed by atoms with Crippen LogP contribution in [0.5, 0.6) is 0 Å². The van der Waals surface area contributed by atoms with Crippen molar-refractivity contribution in [2.24, 2.45) is 5.73 Å². The predicted molar refractivity (Wildman–Crippen MR) is 70.6 cm³/mol. The van der Waals surface area contributed by atoms with Crippen molar-refractivity contribution in [3.63, 3.8) is 0 Å². The molecule has 1 aromatic rings. The highest BCUT2D eigenvalue weighted by molar-refractivity contribution is 5.81. The Morgan fingerprint density at radius 1 is 1.44 bits per heavy atom. The Hall–Kier alpha value is -1.42. The van der Waals surface area contributed by atoms with Gasteiger partial charge in [-0.3, -0.25) is 4.79 Å². The van der Waals surface area contributed by atoms with E-state index in [9.17, 15) is 9.18 Å². The third kappa shape index (κ3) is 4.84. The molecule has 1 amide bonds. The van der Waals surface area contributed by atoms with E-state index in [4.69, 9.17) is 5.73 Å². The third-order valence-electron chi connectivity index (χ3n) is 2.86. The van der Waals surface area contributed by atoms with Gasteiger partial charge < -0.3 is 11.1 Å². The molecule has 1 rings (SSSR count). The molecule has 3 nitrogen and oxygen atoms in total. The first-order valence-electron chi connectivity index (χ1n) is 6.41. The molecule has 0 saturated carbocycles. The zero-order valence-electron chi connectivity index (χ0n) is 10.8. The molecule has 0 saturated heterocycles. The van der Waals surface area contributed by atoms with E-state index in [1.54, 1.807) is 18.2 Å². The summed E-state index contributed by atoms with van der Waals surface area (Å²) in [7, 11) is 0. The van der Waals surface area contributed by atoms with Crippen molar-refractivity contribution >= 4 is 5.91 Å². The molecule has 1 atom stereocenters.